The SMILES string of the molecule is COC(=O)[C@H]1CN(C(=O)C[C@@H](NC(C)=O)c2ccc(F)cc2F)CCO1. The molecule has 0 aromatic heterocycles. The number of nitrogens with zero attached hydrogens (tertiary/aromatic N) is 1. The van der Waals surface area contributed by atoms with E-state index in [-0.39, 0.29) is 31.7 Å². The van der Waals surface area contributed by atoms with Gasteiger partial charge in [-0.3, -0.25) is 9.59 Å². The second kappa shape index (κ2) is 8.70. The van der Waals surface area contributed by atoms with Gasteiger partial charge in [0, 0.05) is 25.1 Å². The third kappa shape index (κ3) is 4.98. The van der Waals surface area contributed by atoms with E-state index in [2.05, 4.69) is 10.1 Å². The number of ether oxygens (including phenoxy) is 2. The Morgan fingerprint density at radius 3 is 2.73 bits per heavy atom. The van der Waals surface area contributed by atoms with Crippen LogP contribution in [0.4, 0.5) is 8.78 Å². The first-order valence-corrected chi connectivity index (χ1v) is 8.01. The Morgan fingerprint density at radius 2 is 2.12 bits per heavy atom. The lowest BCUT2D eigenvalue weighted by Crippen LogP contribution is -2.49. The van der Waals surface area contributed by atoms with Crippen LogP contribution in [-0.4, -0.2) is 55.6 Å². The van der Waals surface area contributed by atoms with Gasteiger partial charge in [-0.15, -0.1) is 0 Å². The molecule has 0 radical (unpaired) electrons. The lowest BCUT2D eigenvalue weighted by Gasteiger charge is -2.32. The highest BCUT2D eigenvalue weighted by atomic mass is 19.1. The molecule has 0 aliphatic carbocycles. The largest absolute Gasteiger partial charge is 0.467 e. The highest BCUT2D eigenvalue weighted by molar-refractivity contribution is 5.81. The minimum absolute atomic E-state index is 0.00416. The summed E-state index contributed by atoms with van der Waals surface area (Å²) in [5.41, 5.74) is 0.00715. The number of carbonyl (C=O) groups is 3. The van der Waals surface area contributed by atoms with Crippen LogP contribution in [0.15, 0.2) is 18.2 Å². The number of amides is 2. The van der Waals surface area contributed by atoms with Crippen molar-refractivity contribution >= 4 is 17.8 Å². The second-order valence-corrected chi connectivity index (χ2v) is 5.85. The van der Waals surface area contributed by atoms with E-state index in [4.69, 9.17) is 4.74 Å². The summed E-state index contributed by atoms with van der Waals surface area (Å²) in [7, 11) is 1.22. The molecule has 1 aromatic carbocycles. The molecular weight excluding hydrogens is 350 g/mol. The molecule has 1 heterocycles. The van der Waals surface area contributed by atoms with Crippen LogP contribution in [0, 0.1) is 11.6 Å². The molecule has 7 nitrogen and oxygen atoms in total. The van der Waals surface area contributed by atoms with Gasteiger partial charge >= 0.3 is 5.97 Å². The minimum atomic E-state index is -0.958. The lowest BCUT2D eigenvalue weighted by atomic mass is 10.0. The minimum Gasteiger partial charge on any atom is -0.467 e. The molecule has 0 saturated carbocycles. The number of esters is 1. The summed E-state index contributed by atoms with van der Waals surface area (Å²) < 4.78 is 37.0. The van der Waals surface area contributed by atoms with Gasteiger partial charge in [-0.05, 0) is 6.07 Å². The van der Waals surface area contributed by atoms with Crippen molar-refractivity contribution in [1.29, 1.82) is 0 Å². The molecule has 9 heteroatoms. The fourth-order valence-corrected chi connectivity index (χ4v) is 2.72. The summed E-state index contributed by atoms with van der Waals surface area (Å²) in [6.07, 6.45) is -1.13. The molecule has 1 saturated heterocycles. The number of hydrogen-bond acceptors (Lipinski definition) is 5. The van der Waals surface area contributed by atoms with Crippen molar-refractivity contribution in [2.24, 2.45) is 0 Å². The van der Waals surface area contributed by atoms with E-state index < -0.39 is 41.6 Å². The predicted molar refractivity (Wildman–Crippen MR) is 85.9 cm³/mol. The summed E-state index contributed by atoms with van der Waals surface area (Å²) in [6.45, 7) is 1.65. The van der Waals surface area contributed by atoms with Crippen molar-refractivity contribution < 1.29 is 32.6 Å². The first-order chi connectivity index (χ1) is 12.3. The molecule has 0 bridgehead atoms. The van der Waals surface area contributed by atoms with E-state index in [0.29, 0.717) is 6.07 Å². The topological polar surface area (TPSA) is 84.9 Å². The van der Waals surface area contributed by atoms with Gasteiger partial charge in [0.2, 0.25) is 11.8 Å². The summed E-state index contributed by atoms with van der Waals surface area (Å²) in [6, 6.07) is 1.98. The van der Waals surface area contributed by atoms with Crippen molar-refractivity contribution in [1.82, 2.24) is 10.2 Å². The highest BCUT2D eigenvalue weighted by Gasteiger charge is 2.31. The maximum atomic E-state index is 14.1. The van der Waals surface area contributed by atoms with Crippen molar-refractivity contribution in [2.45, 2.75) is 25.5 Å². The zero-order valence-corrected chi connectivity index (χ0v) is 14.5. The van der Waals surface area contributed by atoms with E-state index in [1.165, 1.54) is 25.0 Å². The Hall–Kier alpha value is -2.55. The first-order valence-electron chi connectivity index (χ1n) is 8.01. The summed E-state index contributed by atoms with van der Waals surface area (Å²) >= 11 is 0. The fourth-order valence-electron chi connectivity index (χ4n) is 2.72. The molecule has 1 N–H and O–H groups in total. The van der Waals surface area contributed by atoms with Crippen LogP contribution < -0.4 is 5.32 Å². The molecule has 1 aromatic rings. The standard InChI is InChI=1S/C17H20F2N2O5/c1-10(22)20-14(12-4-3-11(18)7-13(12)19)8-16(23)21-5-6-26-15(9-21)17(24)25-2/h3-4,7,14-15H,5-6,8-9H2,1-2H3,(H,20,22)/t14-,15-/m1/s1. The van der Waals surface area contributed by atoms with Gasteiger partial charge in [-0.1, -0.05) is 6.07 Å². The van der Waals surface area contributed by atoms with E-state index in [1.54, 1.807) is 0 Å². The monoisotopic (exact) mass is 370 g/mol. The van der Waals surface area contributed by atoms with Crippen LogP contribution >= 0.6 is 0 Å². The first kappa shape index (κ1) is 19.8. The fraction of sp³-hybridized carbons (Fsp3) is 0.471. The highest BCUT2D eigenvalue weighted by Crippen LogP contribution is 2.23. The van der Waals surface area contributed by atoms with Crippen molar-refractivity contribution in [3.63, 3.8) is 0 Å². The average molecular weight is 370 g/mol. The van der Waals surface area contributed by atoms with Gasteiger partial charge in [0.15, 0.2) is 6.10 Å². The van der Waals surface area contributed by atoms with Crippen LogP contribution in [0.5, 0.6) is 0 Å². The van der Waals surface area contributed by atoms with Crippen LogP contribution in [0.2, 0.25) is 0 Å². The summed E-state index contributed by atoms with van der Waals surface area (Å²) in [5, 5.41) is 2.50. The number of benzene rings is 1. The molecule has 2 amide bonds. The molecule has 1 aliphatic rings. The Labute approximate surface area is 149 Å². The normalized spacial score (nSPS) is 18.2. The molecule has 0 unspecified atom stereocenters. The summed E-state index contributed by atoms with van der Waals surface area (Å²) in [5.74, 6) is -3.06. The molecule has 26 heavy (non-hydrogen) atoms. The van der Waals surface area contributed by atoms with Gasteiger partial charge in [0.1, 0.15) is 11.6 Å². The van der Waals surface area contributed by atoms with Crippen molar-refractivity contribution in [2.75, 3.05) is 26.8 Å². The Kier molecular flexibility index (Phi) is 6.62. The van der Waals surface area contributed by atoms with Crippen LogP contribution in [0.1, 0.15) is 24.9 Å². The Balaban J connectivity index is 2.13. The van der Waals surface area contributed by atoms with E-state index in [9.17, 15) is 23.2 Å². The predicted octanol–water partition coefficient (Wildman–Crippen LogP) is 0.932. The summed E-state index contributed by atoms with van der Waals surface area (Å²) in [4.78, 5) is 37.0. The average Bonchev–Trinajstić information content (AvgIpc) is 2.60. The van der Waals surface area contributed by atoms with Crippen LogP contribution in [-0.2, 0) is 23.9 Å². The second-order valence-electron chi connectivity index (χ2n) is 5.85. The molecule has 142 valence electrons. The quantitative estimate of drug-likeness (QED) is 0.780. The van der Waals surface area contributed by atoms with E-state index in [0.717, 1.165) is 6.07 Å². The van der Waals surface area contributed by atoms with Gasteiger partial charge in [0.25, 0.3) is 0 Å². The zero-order valence-electron chi connectivity index (χ0n) is 14.5. The molecule has 0 spiro atoms. The van der Waals surface area contributed by atoms with Crippen molar-refractivity contribution in [3.05, 3.63) is 35.4 Å². The van der Waals surface area contributed by atoms with E-state index >= 15 is 0 Å². The van der Waals surface area contributed by atoms with Gasteiger partial charge in [-0.2, -0.15) is 0 Å². The van der Waals surface area contributed by atoms with E-state index in [1.807, 2.05) is 0 Å². The number of rotatable bonds is 5. The molecule has 1 aliphatic heterocycles. The van der Waals surface area contributed by atoms with Crippen molar-refractivity contribution in [3.8, 4) is 0 Å². The third-order valence-electron chi connectivity index (χ3n) is 3.98. The van der Waals surface area contributed by atoms with Crippen LogP contribution in [0.3, 0.4) is 0 Å². The lowest BCUT2D eigenvalue weighted by molar-refractivity contribution is -0.162. The smallest absolute Gasteiger partial charge is 0.336 e. The number of morpholine rings is 1. The molecule has 2 atom stereocenters. The Morgan fingerprint density at radius 1 is 1.38 bits per heavy atom. The molecular formula is C17H20F2N2O5. The Bertz CT molecular complexity index is 698. The maximum Gasteiger partial charge on any atom is 0.336 e. The van der Waals surface area contributed by atoms with Crippen LogP contribution in [0.25, 0.3) is 0 Å². The maximum absolute atomic E-state index is 14.1. The zero-order chi connectivity index (χ0) is 19.3. The number of methoxy groups -OCH3 is 1. The molecule has 1 fully saturated rings. The number of nitrogens with one attached hydrogen (secondary N) is 1. The van der Waals surface area contributed by atoms with Gasteiger partial charge < -0.3 is 19.7 Å². The number of carbonyl (C=O) groups excluding carboxylic acids is 3. The van der Waals surface area contributed by atoms with Gasteiger partial charge in [-0.25, -0.2) is 13.6 Å². The van der Waals surface area contributed by atoms with Gasteiger partial charge in [0.05, 0.1) is 32.7 Å². The molecule has 2 rings (SSSR count). The number of halogens is 2. The number of hydrogen-bond donors (Lipinski definition) is 1. The third-order valence-corrected chi connectivity index (χ3v) is 3.98.